The summed E-state index contributed by atoms with van der Waals surface area (Å²) in [5, 5.41) is 0. The molecule has 0 aliphatic rings. The Bertz CT molecular complexity index is 221. The van der Waals surface area contributed by atoms with E-state index < -0.39 is 0 Å². The van der Waals surface area contributed by atoms with Crippen LogP contribution in [-0.4, -0.2) is 12.1 Å². The van der Waals surface area contributed by atoms with Gasteiger partial charge in [0.2, 0.25) is 0 Å². The second-order valence-corrected chi connectivity index (χ2v) is 4.93. The molecule has 0 radical (unpaired) electrons. The lowest BCUT2D eigenvalue weighted by molar-refractivity contribution is -0.146. The van der Waals surface area contributed by atoms with Gasteiger partial charge in [-0.05, 0) is 25.8 Å². The minimum Gasteiger partial charge on any atom is -0.458 e. The summed E-state index contributed by atoms with van der Waals surface area (Å²) in [5.41, 5.74) is 0. The molecule has 0 aromatic carbocycles. The summed E-state index contributed by atoms with van der Waals surface area (Å²) >= 11 is 0. The molecule has 0 aromatic heterocycles. The molecule has 106 valence electrons. The fraction of sp³-hybridized carbons (Fsp3) is 0.812. The molecule has 1 atom stereocenters. The fourth-order valence-electron chi connectivity index (χ4n) is 1.79. The molecule has 1 unspecified atom stereocenters. The molecule has 0 fully saturated rings. The first kappa shape index (κ1) is 17.2. The number of hydrogen-bond donors (Lipinski definition) is 0. The Balaban J connectivity index is 3.51. The number of esters is 1. The van der Waals surface area contributed by atoms with Crippen LogP contribution in [-0.2, 0) is 9.53 Å². The van der Waals surface area contributed by atoms with Crippen LogP contribution >= 0.6 is 0 Å². The van der Waals surface area contributed by atoms with E-state index in [1.807, 2.05) is 13.0 Å². The normalized spacial score (nSPS) is 12.8. The summed E-state index contributed by atoms with van der Waals surface area (Å²) in [6.07, 6.45) is 13.9. The van der Waals surface area contributed by atoms with Crippen molar-refractivity contribution in [3.63, 3.8) is 0 Å². The molecule has 0 spiro atoms. The molecular formula is C16H30O2. The van der Waals surface area contributed by atoms with E-state index in [9.17, 15) is 4.79 Å². The quantitative estimate of drug-likeness (QED) is 0.294. The predicted octanol–water partition coefficient (Wildman–Crippen LogP) is 5.03. The van der Waals surface area contributed by atoms with Gasteiger partial charge in [-0.2, -0.15) is 0 Å². The summed E-state index contributed by atoms with van der Waals surface area (Å²) in [4.78, 5) is 11.5. The zero-order valence-corrected chi connectivity index (χ0v) is 12.4. The van der Waals surface area contributed by atoms with Gasteiger partial charge < -0.3 is 4.74 Å². The van der Waals surface area contributed by atoms with Gasteiger partial charge in [-0.25, -0.2) is 0 Å². The van der Waals surface area contributed by atoms with Gasteiger partial charge in [-0.1, -0.05) is 58.4 Å². The Hall–Kier alpha value is -0.790. The van der Waals surface area contributed by atoms with Crippen molar-refractivity contribution in [2.45, 2.75) is 84.7 Å². The van der Waals surface area contributed by atoms with Crippen LogP contribution in [0.2, 0.25) is 0 Å². The molecule has 0 amide bonds. The number of carbonyl (C=O) groups excluding carboxylic acids is 1. The maximum Gasteiger partial charge on any atom is 0.306 e. The predicted molar refractivity (Wildman–Crippen MR) is 77.6 cm³/mol. The maximum atomic E-state index is 11.5. The number of carbonyl (C=O) groups is 1. The van der Waals surface area contributed by atoms with Crippen LogP contribution in [0.15, 0.2) is 12.2 Å². The van der Waals surface area contributed by atoms with Gasteiger partial charge in [0, 0.05) is 6.42 Å². The van der Waals surface area contributed by atoms with Crippen molar-refractivity contribution in [2.24, 2.45) is 0 Å². The standard InChI is InChI=1S/C16H30O2/c1-4-6-8-10-12-14-16(17)18-15(3)13-11-9-7-5-2/h11,13,15H,4-10,12,14H2,1-3H3. The monoisotopic (exact) mass is 254 g/mol. The first-order valence-electron chi connectivity index (χ1n) is 7.56. The second kappa shape index (κ2) is 12.7. The number of ether oxygens (including phenoxy) is 1. The Morgan fingerprint density at radius 1 is 1.06 bits per heavy atom. The number of hydrogen-bond acceptors (Lipinski definition) is 2. The molecule has 0 saturated carbocycles. The summed E-state index contributed by atoms with van der Waals surface area (Å²) in [6, 6.07) is 0. The van der Waals surface area contributed by atoms with E-state index in [1.165, 1.54) is 32.1 Å². The van der Waals surface area contributed by atoms with Gasteiger partial charge in [0.25, 0.3) is 0 Å². The molecule has 2 nitrogen and oxygen atoms in total. The molecular weight excluding hydrogens is 224 g/mol. The van der Waals surface area contributed by atoms with Crippen LogP contribution < -0.4 is 0 Å². The van der Waals surface area contributed by atoms with Crippen LogP contribution in [0.1, 0.15) is 78.6 Å². The molecule has 0 aliphatic heterocycles. The van der Waals surface area contributed by atoms with Crippen molar-refractivity contribution in [2.75, 3.05) is 0 Å². The van der Waals surface area contributed by atoms with Gasteiger partial charge in [0.1, 0.15) is 6.10 Å². The highest BCUT2D eigenvalue weighted by atomic mass is 16.5. The molecule has 18 heavy (non-hydrogen) atoms. The number of allylic oxidation sites excluding steroid dienone is 1. The molecule has 0 bridgehead atoms. The Labute approximate surface area is 113 Å². The van der Waals surface area contributed by atoms with E-state index in [0.29, 0.717) is 6.42 Å². The first-order chi connectivity index (χ1) is 8.70. The first-order valence-corrected chi connectivity index (χ1v) is 7.56. The van der Waals surface area contributed by atoms with Crippen molar-refractivity contribution in [1.82, 2.24) is 0 Å². The van der Waals surface area contributed by atoms with E-state index >= 15 is 0 Å². The van der Waals surface area contributed by atoms with E-state index in [0.717, 1.165) is 19.3 Å². The van der Waals surface area contributed by atoms with Crippen LogP contribution in [0.25, 0.3) is 0 Å². The van der Waals surface area contributed by atoms with Crippen molar-refractivity contribution >= 4 is 5.97 Å². The van der Waals surface area contributed by atoms with Crippen molar-refractivity contribution in [3.05, 3.63) is 12.2 Å². The highest BCUT2D eigenvalue weighted by molar-refractivity contribution is 5.69. The van der Waals surface area contributed by atoms with Gasteiger partial charge in [0.05, 0.1) is 0 Å². The van der Waals surface area contributed by atoms with Crippen molar-refractivity contribution < 1.29 is 9.53 Å². The minimum atomic E-state index is -0.0787. The third kappa shape index (κ3) is 11.7. The molecule has 0 aliphatic carbocycles. The van der Waals surface area contributed by atoms with Crippen LogP contribution in [0.5, 0.6) is 0 Å². The summed E-state index contributed by atoms with van der Waals surface area (Å²) in [6.45, 7) is 6.30. The Morgan fingerprint density at radius 2 is 1.72 bits per heavy atom. The summed E-state index contributed by atoms with van der Waals surface area (Å²) < 4.78 is 5.31. The zero-order valence-electron chi connectivity index (χ0n) is 12.4. The third-order valence-electron chi connectivity index (χ3n) is 2.93. The van der Waals surface area contributed by atoms with Crippen LogP contribution in [0.4, 0.5) is 0 Å². The van der Waals surface area contributed by atoms with Crippen molar-refractivity contribution in [1.29, 1.82) is 0 Å². The molecule has 0 saturated heterocycles. The Kier molecular flexibility index (Phi) is 12.1. The molecule has 0 aromatic rings. The lowest BCUT2D eigenvalue weighted by Gasteiger charge is -2.09. The molecule has 0 rings (SSSR count). The minimum absolute atomic E-state index is 0.0564. The van der Waals surface area contributed by atoms with Gasteiger partial charge >= 0.3 is 5.97 Å². The third-order valence-corrected chi connectivity index (χ3v) is 2.93. The van der Waals surface area contributed by atoms with Gasteiger partial charge in [-0.15, -0.1) is 0 Å². The van der Waals surface area contributed by atoms with Crippen LogP contribution in [0, 0.1) is 0 Å². The van der Waals surface area contributed by atoms with Gasteiger partial charge in [0.15, 0.2) is 0 Å². The average molecular weight is 254 g/mol. The summed E-state index contributed by atoms with van der Waals surface area (Å²) in [5.74, 6) is -0.0564. The molecule has 0 heterocycles. The number of rotatable bonds is 11. The fourth-order valence-corrected chi connectivity index (χ4v) is 1.79. The van der Waals surface area contributed by atoms with E-state index in [4.69, 9.17) is 4.74 Å². The lowest BCUT2D eigenvalue weighted by atomic mass is 10.1. The topological polar surface area (TPSA) is 26.3 Å². The lowest BCUT2D eigenvalue weighted by Crippen LogP contribution is -2.12. The smallest absolute Gasteiger partial charge is 0.306 e. The SMILES string of the molecule is CCCCC=CC(C)OC(=O)CCCCCCC. The highest BCUT2D eigenvalue weighted by Crippen LogP contribution is 2.07. The highest BCUT2D eigenvalue weighted by Gasteiger charge is 2.05. The second-order valence-electron chi connectivity index (χ2n) is 4.93. The van der Waals surface area contributed by atoms with Crippen LogP contribution in [0.3, 0.4) is 0 Å². The largest absolute Gasteiger partial charge is 0.458 e. The van der Waals surface area contributed by atoms with E-state index in [1.54, 1.807) is 0 Å². The van der Waals surface area contributed by atoms with E-state index in [2.05, 4.69) is 19.9 Å². The Morgan fingerprint density at radius 3 is 2.39 bits per heavy atom. The average Bonchev–Trinajstić information content (AvgIpc) is 2.34. The number of unbranched alkanes of at least 4 members (excludes halogenated alkanes) is 6. The zero-order chi connectivity index (χ0) is 13.6. The molecule has 2 heteroatoms. The van der Waals surface area contributed by atoms with Gasteiger partial charge in [-0.3, -0.25) is 4.79 Å². The van der Waals surface area contributed by atoms with Crippen molar-refractivity contribution in [3.8, 4) is 0 Å². The maximum absolute atomic E-state index is 11.5. The van der Waals surface area contributed by atoms with E-state index in [-0.39, 0.29) is 12.1 Å². The summed E-state index contributed by atoms with van der Waals surface area (Å²) in [7, 11) is 0. The molecule has 0 N–H and O–H groups in total.